The van der Waals surface area contributed by atoms with Crippen molar-refractivity contribution in [1.29, 1.82) is 0 Å². The van der Waals surface area contributed by atoms with Gasteiger partial charge in [0, 0.05) is 37.7 Å². The normalized spacial score (nSPS) is 26.2. The summed E-state index contributed by atoms with van der Waals surface area (Å²) in [7, 11) is -3.05. The van der Waals surface area contributed by atoms with Gasteiger partial charge in [-0.15, -0.1) is 0 Å². The zero-order valence-corrected chi connectivity index (χ0v) is 13.2. The van der Waals surface area contributed by atoms with Crippen molar-refractivity contribution in [1.82, 2.24) is 19.2 Å². The number of sulfonamides is 1. The lowest BCUT2D eigenvalue weighted by molar-refractivity contribution is 0.125. The molecular formula is C14H22N4O2S. The summed E-state index contributed by atoms with van der Waals surface area (Å²) in [6.45, 7) is 2.34. The van der Waals surface area contributed by atoms with Crippen molar-refractivity contribution < 1.29 is 8.42 Å². The van der Waals surface area contributed by atoms with E-state index in [1.54, 1.807) is 16.7 Å². The molecular weight excluding hydrogens is 288 g/mol. The first-order valence-electron chi connectivity index (χ1n) is 7.52. The van der Waals surface area contributed by atoms with Crippen molar-refractivity contribution in [2.24, 2.45) is 0 Å². The van der Waals surface area contributed by atoms with Gasteiger partial charge in [0.05, 0.1) is 18.0 Å². The number of piperidine rings is 1. The molecule has 116 valence electrons. The van der Waals surface area contributed by atoms with Crippen molar-refractivity contribution in [3.63, 3.8) is 0 Å². The highest BCUT2D eigenvalue weighted by molar-refractivity contribution is 7.88. The summed E-state index contributed by atoms with van der Waals surface area (Å²) in [6, 6.07) is 0.797. The van der Waals surface area contributed by atoms with Gasteiger partial charge in [-0.25, -0.2) is 12.7 Å². The number of likely N-dealkylation sites (tertiary alicyclic amines) is 1. The van der Waals surface area contributed by atoms with Gasteiger partial charge in [-0.05, 0) is 32.2 Å². The Balaban J connectivity index is 1.67. The number of nitrogens with zero attached hydrogens (tertiary/aromatic N) is 4. The highest BCUT2D eigenvalue weighted by Gasteiger charge is 2.35. The Morgan fingerprint density at radius 2 is 1.90 bits per heavy atom. The second kappa shape index (κ2) is 5.98. The lowest BCUT2D eigenvalue weighted by Gasteiger charge is -2.38. The molecule has 0 radical (unpaired) electrons. The second-order valence-electron chi connectivity index (χ2n) is 5.92. The average Bonchev–Trinajstić information content (AvgIpc) is 2.97. The molecule has 2 aliphatic heterocycles. The maximum absolute atomic E-state index is 11.6. The molecule has 0 N–H and O–H groups in total. The van der Waals surface area contributed by atoms with Gasteiger partial charge in [-0.1, -0.05) is 0 Å². The van der Waals surface area contributed by atoms with E-state index in [1.165, 1.54) is 12.7 Å². The topological polar surface area (TPSA) is 66.4 Å². The number of aromatic nitrogens is 2. The first-order valence-corrected chi connectivity index (χ1v) is 9.37. The van der Waals surface area contributed by atoms with Crippen LogP contribution in [0.2, 0.25) is 0 Å². The van der Waals surface area contributed by atoms with Crippen LogP contribution in [0.15, 0.2) is 18.6 Å². The molecule has 7 heteroatoms. The van der Waals surface area contributed by atoms with Crippen molar-refractivity contribution in [3.8, 4) is 0 Å². The van der Waals surface area contributed by atoms with Gasteiger partial charge in [-0.2, -0.15) is 0 Å². The lowest BCUT2D eigenvalue weighted by atomic mass is 10.0. The number of hydrogen-bond donors (Lipinski definition) is 0. The zero-order valence-electron chi connectivity index (χ0n) is 12.4. The fourth-order valence-electron chi connectivity index (χ4n) is 3.53. The summed E-state index contributed by atoms with van der Waals surface area (Å²) in [5.41, 5.74) is 1.04. The number of hydrogen-bond acceptors (Lipinski definition) is 5. The molecule has 0 saturated carbocycles. The largest absolute Gasteiger partial charge is 0.292 e. The Labute approximate surface area is 126 Å². The van der Waals surface area contributed by atoms with Gasteiger partial charge in [0.25, 0.3) is 0 Å². The zero-order chi connectivity index (χ0) is 14.9. The Morgan fingerprint density at radius 3 is 2.52 bits per heavy atom. The summed E-state index contributed by atoms with van der Waals surface area (Å²) >= 11 is 0. The van der Waals surface area contributed by atoms with E-state index in [0.29, 0.717) is 25.2 Å². The van der Waals surface area contributed by atoms with Gasteiger partial charge in [0.1, 0.15) is 0 Å². The van der Waals surface area contributed by atoms with E-state index < -0.39 is 10.0 Å². The van der Waals surface area contributed by atoms with E-state index in [1.807, 2.05) is 6.20 Å². The van der Waals surface area contributed by atoms with E-state index in [2.05, 4.69) is 14.9 Å². The average molecular weight is 310 g/mol. The fraction of sp³-hybridized carbons (Fsp3) is 0.714. The van der Waals surface area contributed by atoms with Gasteiger partial charge in [-0.3, -0.25) is 14.9 Å². The third-order valence-corrected chi connectivity index (χ3v) is 5.88. The molecule has 21 heavy (non-hydrogen) atoms. The molecule has 3 rings (SSSR count). The fourth-order valence-corrected chi connectivity index (χ4v) is 4.41. The Kier molecular flexibility index (Phi) is 4.24. The highest BCUT2D eigenvalue weighted by Crippen LogP contribution is 2.35. The van der Waals surface area contributed by atoms with Gasteiger partial charge in [0.15, 0.2) is 0 Å². The molecule has 1 atom stereocenters. The summed E-state index contributed by atoms with van der Waals surface area (Å²) in [6.07, 6.45) is 10.7. The van der Waals surface area contributed by atoms with Crippen molar-refractivity contribution >= 4 is 10.0 Å². The molecule has 3 heterocycles. The minimum absolute atomic E-state index is 0.341. The van der Waals surface area contributed by atoms with E-state index in [9.17, 15) is 8.42 Å². The summed E-state index contributed by atoms with van der Waals surface area (Å²) in [5.74, 6) is 0. The Bertz CT molecular complexity index is 570. The summed E-state index contributed by atoms with van der Waals surface area (Å²) in [4.78, 5) is 11.1. The molecule has 6 nitrogen and oxygen atoms in total. The molecule has 0 bridgehead atoms. The van der Waals surface area contributed by atoms with Gasteiger partial charge < -0.3 is 0 Å². The van der Waals surface area contributed by atoms with E-state index >= 15 is 0 Å². The van der Waals surface area contributed by atoms with Crippen LogP contribution in [0.5, 0.6) is 0 Å². The van der Waals surface area contributed by atoms with Crippen LogP contribution in [0.3, 0.4) is 0 Å². The molecule has 0 amide bonds. The molecule has 0 aromatic carbocycles. The Morgan fingerprint density at radius 1 is 1.14 bits per heavy atom. The molecule has 2 aliphatic rings. The quantitative estimate of drug-likeness (QED) is 0.834. The molecule has 0 unspecified atom stereocenters. The molecule has 0 aliphatic carbocycles. The first-order chi connectivity index (χ1) is 10.1. The lowest BCUT2D eigenvalue weighted by Crippen LogP contribution is -2.46. The van der Waals surface area contributed by atoms with Crippen LogP contribution in [-0.4, -0.2) is 59.5 Å². The minimum Gasteiger partial charge on any atom is -0.292 e. The first kappa shape index (κ1) is 14.9. The SMILES string of the molecule is CS(=O)(=O)N1CCC(N2CCC[C@@H]2c2cnccn2)CC1. The van der Waals surface area contributed by atoms with Crippen LogP contribution in [0.25, 0.3) is 0 Å². The molecule has 2 saturated heterocycles. The smallest absolute Gasteiger partial charge is 0.211 e. The minimum atomic E-state index is -3.05. The Hall–Kier alpha value is -1.05. The van der Waals surface area contributed by atoms with Crippen molar-refractivity contribution in [2.75, 3.05) is 25.9 Å². The number of rotatable bonds is 3. The van der Waals surface area contributed by atoms with Crippen LogP contribution in [0, 0.1) is 0 Å². The highest BCUT2D eigenvalue weighted by atomic mass is 32.2. The maximum Gasteiger partial charge on any atom is 0.211 e. The van der Waals surface area contributed by atoms with Crippen LogP contribution < -0.4 is 0 Å². The summed E-state index contributed by atoms with van der Waals surface area (Å²) in [5, 5.41) is 0. The van der Waals surface area contributed by atoms with Crippen molar-refractivity contribution in [3.05, 3.63) is 24.3 Å². The summed E-state index contributed by atoms with van der Waals surface area (Å²) < 4.78 is 24.8. The predicted molar refractivity (Wildman–Crippen MR) is 80.2 cm³/mol. The van der Waals surface area contributed by atoms with Gasteiger partial charge >= 0.3 is 0 Å². The van der Waals surface area contributed by atoms with Crippen LogP contribution in [-0.2, 0) is 10.0 Å². The van der Waals surface area contributed by atoms with Gasteiger partial charge in [0.2, 0.25) is 10.0 Å². The third-order valence-electron chi connectivity index (χ3n) is 4.58. The van der Waals surface area contributed by atoms with Crippen LogP contribution in [0.4, 0.5) is 0 Å². The molecule has 0 spiro atoms. The van der Waals surface area contributed by atoms with Crippen LogP contribution in [0.1, 0.15) is 37.4 Å². The van der Waals surface area contributed by atoms with E-state index in [0.717, 1.165) is 31.5 Å². The molecule has 1 aromatic rings. The monoisotopic (exact) mass is 310 g/mol. The van der Waals surface area contributed by atoms with Crippen molar-refractivity contribution in [2.45, 2.75) is 37.8 Å². The third kappa shape index (κ3) is 3.25. The molecule has 1 aromatic heterocycles. The second-order valence-corrected chi connectivity index (χ2v) is 7.90. The molecule has 2 fully saturated rings. The van der Waals surface area contributed by atoms with E-state index in [4.69, 9.17) is 0 Å². The standard InChI is InChI=1S/C14H22N4O2S/c1-21(19,20)17-9-4-12(5-10-17)18-8-2-3-14(18)13-11-15-6-7-16-13/h6-7,11-12,14H,2-5,8-10H2,1H3/t14-/m1/s1. The van der Waals surface area contributed by atoms with Crippen LogP contribution >= 0.6 is 0 Å². The van der Waals surface area contributed by atoms with E-state index in [-0.39, 0.29) is 0 Å². The maximum atomic E-state index is 11.6. The predicted octanol–water partition coefficient (Wildman–Crippen LogP) is 1.04.